The average molecular weight is 330 g/mol. The number of nitrogens with zero attached hydrogens (tertiary/aromatic N) is 3. The van der Waals surface area contributed by atoms with Gasteiger partial charge in [0.2, 0.25) is 10.7 Å². The van der Waals surface area contributed by atoms with E-state index in [9.17, 15) is 9.59 Å². The van der Waals surface area contributed by atoms with Crippen molar-refractivity contribution in [3.63, 3.8) is 0 Å². The molecule has 8 heteroatoms. The normalized spacial score (nSPS) is 16.2. The van der Waals surface area contributed by atoms with Gasteiger partial charge in [0.1, 0.15) is 10.8 Å². The fourth-order valence-electron chi connectivity index (χ4n) is 2.16. The molecule has 0 atom stereocenters. The number of methoxy groups -OCH3 is 1. The molecule has 2 aromatic heterocycles. The summed E-state index contributed by atoms with van der Waals surface area (Å²) in [5.41, 5.74) is 6.02. The van der Waals surface area contributed by atoms with Crippen molar-refractivity contribution < 1.29 is 9.53 Å². The Morgan fingerprint density at radius 2 is 2.22 bits per heavy atom. The number of ketones is 1. The van der Waals surface area contributed by atoms with Gasteiger partial charge < -0.3 is 10.5 Å². The molecule has 0 aromatic carbocycles. The topological polar surface area (TPSA) is 99.6 Å². The zero-order chi connectivity index (χ0) is 16.6. The van der Waals surface area contributed by atoms with E-state index in [2.05, 4.69) is 10.1 Å². The lowest BCUT2D eigenvalue weighted by Crippen LogP contribution is -2.18. The fourth-order valence-corrected chi connectivity index (χ4v) is 2.99. The predicted molar refractivity (Wildman–Crippen MR) is 88.1 cm³/mol. The number of Topliss-reactive ketones (excluding diaryl/α,β-unsaturated/α-hetero) is 1. The minimum atomic E-state index is -0.490. The molecule has 0 saturated carbocycles. The zero-order valence-corrected chi connectivity index (χ0v) is 13.4. The highest BCUT2D eigenvalue weighted by Crippen LogP contribution is 2.21. The molecule has 0 fully saturated rings. The van der Waals surface area contributed by atoms with Crippen LogP contribution in [0.15, 0.2) is 34.4 Å². The van der Waals surface area contributed by atoms with Crippen molar-refractivity contribution in [3.05, 3.63) is 50.5 Å². The molecule has 23 heavy (non-hydrogen) atoms. The van der Waals surface area contributed by atoms with Crippen LogP contribution in [0.25, 0.3) is 11.0 Å². The fraction of sp³-hybridized carbons (Fsp3) is 0.200. The number of anilines is 1. The van der Waals surface area contributed by atoms with E-state index in [1.165, 1.54) is 29.0 Å². The Morgan fingerprint density at radius 3 is 2.91 bits per heavy atom. The number of fused-ring (bicyclic) bond motifs is 1. The summed E-state index contributed by atoms with van der Waals surface area (Å²) in [4.78, 5) is 28.9. The molecule has 0 spiro atoms. The van der Waals surface area contributed by atoms with Crippen LogP contribution >= 0.6 is 11.3 Å². The van der Waals surface area contributed by atoms with Crippen LogP contribution in [-0.2, 0) is 16.0 Å². The van der Waals surface area contributed by atoms with Gasteiger partial charge in [-0.15, -0.1) is 0 Å². The van der Waals surface area contributed by atoms with Gasteiger partial charge in [0.05, 0.1) is 12.7 Å². The highest BCUT2D eigenvalue weighted by Gasteiger charge is 2.19. The van der Waals surface area contributed by atoms with Gasteiger partial charge in [-0.2, -0.15) is 14.6 Å². The van der Waals surface area contributed by atoms with E-state index in [1.807, 2.05) is 6.92 Å². The third-order valence-corrected chi connectivity index (χ3v) is 4.42. The number of nitrogen functional groups attached to an aromatic ring is 1. The minimum absolute atomic E-state index is 0.140. The summed E-state index contributed by atoms with van der Waals surface area (Å²) in [6.07, 6.45) is 6.97. The summed E-state index contributed by atoms with van der Waals surface area (Å²) in [7, 11) is 1.42. The maximum atomic E-state index is 12.2. The monoisotopic (exact) mass is 330 g/mol. The van der Waals surface area contributed by atoms with Crippen molar-refractivity contribution in [1.29, 1.82) is 0 Å². The molecular weight excluding hydrogens is 316 g/mol. The molecule has 118 valence electrons. The first kappa shape index (κ1) is 15.2. The first-order chi connectivity index (χ1) is 11.0. The summed E-state index contributed by atoms with van der Waals surface area (Å²) in [5, 5.41) is 5.14. The van der Waals surface area contributed by atoms with Gasteiger partial charge in [-0.3, -0.25) is 9.59 Å². The zero-order valence-electron chi connectivity index (χ0n) is 12.6. The van der Waals surface area contributed by atoms with Crippen molar-refractivity contribution in [1.82, 2.24) is 14.6 Å². The number of allylic oxidation sites excluding steroid dienone is 4. The number of aromatic nitrogens is 3. The molecule has 1 aliphatic rings. The average Bonchev–Trinajstić information content (AvgIpc) is 2.96. The number of nitrogens with two attached hydrogens (primary N) is 1. The molecule has 1 aliphatic carbocycles. The van der Waals surface area contributed by atoms with Crippen LogP contribution in [-0.4, -0.2) is 27.5 Å². The van der Waals surface area contributed by atoms with Gasteiger partial charge in [-0.05, 0) is 18.6 Å². The molecule has 0 radical (unpaired) electrons. The summed E-state index contributed by atoms with van der Waals surface area (Å²) in [6, 6.07) is 0. The Hall–Kier alpha value is -2.74. The molecule has 0 amide bonds. The third-order valence-electron chi connectivity index (χ3n) is 3.37. The first-order valence-electron chi connectivity index (χ1n) is 6.92. The quantitative estimate of drug-likeness (QED) is 0.853. The molecule has 0 unspecified atom stereocenters. The number of aryl methyl sites for hydroxylation is 1. The van der Waals surface area contributed by atoms with Crippen LogP contribution in [0, 0.1) is 0 Å². The number of hydrogen-bond donors (Lipinski definition) is 1. The van der Waals surface area contributed by atoms with Crippen LogP contribution in [0.5, 0.6) is 0 Å². The lowest BCUT2D eigenvalue weighted by atomic mass is 10.0. The van der Waals surface area contributed by atoms with Crippen molar-refractivity contribution >= 4 is 34.0 Å². The molecule has 0 bridgehead atoms. The van der Waals surface area contributed by atoms with E-state index in [4.69, 9.17) is 10.5 Å². The molecule has 0 aliphatic heterocycles. The van der Waals surface area contributed by atoms with Crippen molar-refractivity contribution in [2.45, 2.75) is 13.3 Å². The van der Waals surface area contributed by atoms with Crippen LogP contribution < -0.4 is 11.3 Å². The van der Waals surface area contributed by atoms with Gasteiger partial charge in [-0.1, -0.05) is 30.4 Å². The second kappa shape index (κ2) is 5.81. The largest absolute Gasteiger partial charge is 0.493 e. The molecule has 2 aromatic rings. The van der Waals surface area contributed by atoms with Crippen LogP contribution in [0.4, 0.5) is 5.82 Å². The maximum absolute atomic E-state index is 12.2. The molecule has 3 rings (SSSR count). The summed E-state index contributed by atoms with van der Waals surface area (Å²) in [5.74, 6) is 0.0537. The summed E-state index contributed by atoms with van der Waals surface area (Å²) >= 11 is 1.31. The molecular formula is C15H14N4O3S. The van der Waals surface area contributed by atoms with E-state index < -0.39 is 5.56 Å². The van der Waals surface area contributed by atoms with Gasteiger partial charge in [0.25, 0.3) is 5.56 Å². The Kier molecular flexibility index (Phi) is 3.83. The molecule has 0 saturated heterocycles. The smallest absolute Gasteiger partial charge is 0.283 e. The highest BCUT2D eigenvalue weighted by atomic mass is 32.1. The number of carbonyl (C=O) groups is 1. The van der Waals surface area contributed by atoms with Gasteiger partial charge in [0.15, 0.2) is 5.76 Å². The van der Waals surface area contributed by atoms with E-state index in [1.54, 1.807) is 18.2 Å². The third kappa shape index (κ3) is 2.57. The molecule has 2 heterocycles. The lowest BCUT2D eigenvalue weighted by Gasteiger charge is -2.09. The number of rotatable bonds is 3. The van der Waals surface area contributed by atoms with E-state index in [0.29, 0.717) is 10.5 Å². The van der Waals surface area contributed by atoms with E-state index in [0.717, 1.165) is 11.4 Å². The summed E-state index contributed by atoms with van der Waals surface area (Å²) in [6.45, 7) is 1.96. The SMILES string of the molecule is CCc1nn2c(N)c(C=C3C=CC=C(OC)C3=O)c(=O)nc2s1. The second-order valence-electron chi connectivity index (χ2n) is 4.78. The Bertz CT molecular complexity index is 950. The number of carbonyl (C=O) groups excluding carboxylic acids is 1. The minimum Gasteiger partial charge on any atom is -0.493 e. The second-order valence-corrected chi connectivity index (χ2v) is 5.82. The van der Waals surface area contributed by atoms with Crippen LogP contribution in [0.2, 0.25) is 0 Å². The van der Waals surface area contributed by atoms with E-state index in [-0.39, 0.29) is 22.9 Å². The number of ether oxygens (including phenoxy) is 1. The first-order valence-corrected chi connectivity index (χ1v) is 7.73. The van der Waals surface area contributed by atoms with Crippen LogP contribution in [0.1, 0.15) is 17.5 Å². The maximum Gasteiger partial charge on any atom is 0.283 e. The Labute approximate surface area is 135 Å². The molecule has 7 nitrogen and oxygen atoms in total. The van der Waals surface area contributed by atoms with Gasteiger partial charge in [0, 0.05) is 5.57 Å². The lowest BCUT2D eigenvalue weighted by molar-refractivity contribution is -0.114. The number of hydrogen-bond acceptors (Lipinski definition) is 7. The van der Waals surface area contributed by atoms with Crippen molar-refractivity contribution in [2.75, 3.05) is 12.8 Å². The Morgan fingerprint density at radius 1 is 1.43 bits per heavy atom. The van der Waals surface area contributed by atoms with Crippen molar-refractivity contribution in [2.24, 2.45) is 0 Å². The van der Waals surface area contributed by atoms with Gasteiger partial charge >= 0.3 is 0 Å². The predicted octanol–water partition coefficient (Wildman–Crippen LogP) is 1.35. The summed E-state index contributed by atoms with van der Waals surface area (Å²) < 4.78 is 6.43. The van der Waals surface area contributed by atoms with E-state index >= 15 is 0 Å². The Balaban J connectivity index is 2.15. The molecule has 2 N–H and O–H groups in total. The highest BCUT2D eigenvalue weighted by molar-refractivity contribution is 7.16. The van der Waals surface area contributed by atoms with Gasteiger partial charge in [-0.25, -0.2) is 0 Å². The van der Waals surface area contributed by atoms with Crippen LogP contribution in [0.3, 0.4) is 0 Å². The van der Waals surface area contributed by atoms with Crippen molar-refractivity contribution in [3.8, 4) is 0 Å². The standard InChI is InChI=1S/C15H14N4O3S/c1-3-11-18-19-13(16)9(14(21)17-15(19)23-11)7-8-5-4-6-10(22-2)12(8)20/h4-7H,3,16H2,1-2H3.